The molecule has 0 rings (SSSR count). The van der Waals surface area contributed by atoms with Gasteiger partial charge in [0.05, 0.1) is 37.6 Å². The van der Waals surface area contributed by atoms with Crippen LogP contribution >= 0.6 is 0 Å². The monoisotopic (exact) mass is 247 g/mol. The number of nitrogens with one attached hydrogen (secondary N) is 1. The summed E-state index contributed by atoms with van der Waals surface area (Å²) in [5, 5.41) is 13.0. The lowest BCUT2D eigenvalue weighted by Gasteiger charge is -2.35. The first-order chi connectivity index (χ1) is 7.81. The third-order valence-corrected chi connectivity index (χ3v) is 2.28. The molecule has 0 spiro atoms. The summed E-state index contributed by atoms with van der Waals surface area (Å²) in [5.74, 6) is 0. The average Bonchev–Trinajstić information content (AvgIpc) is 2.21. The number of ether oxygens (including phenoxy) is 2. The molecule has 0 saturated carbocycles. The van der Waals surface area contributed by atoms with Crippen LogP contribution in [0.15, 0.2) is 0 Å². The summed E-state index contributed by atoms with van der Waals surface area (Å²) in [4.78, 5) is 0. The van der Waals surface area contributed by atoms with E-state index in [1.54, 1.807) is 0 Å². The Morgan fingerprint density at radius 1 is 0.941 bits per heavy atom. The molecule has 0 saturated heterocycles. The molecule has 0 aromatic carbocycles. The molecule has 104 valence electrons. The Morgan fingerprint density at radius 2 is 1.35 bits per heavy atom. The highest BCUT2D eigenvalue weighted by molar-refractivity contribution is 4.89. The minimum Gasteiger partial charge on any atom is -0.394 e. The zero-order valence-electron chi connectivity index (χ0n) is 12.1. The summed E-state index contributed by atoms with van der Waals surface area (Å²) in [5.41, 5.74) is -0.511. The van der Waals surface area contributed by atoms with Crippen molar-refractivity contribution in [3.8, 4) is 0 Å². The molecule has 0 atom stereocenters. The maximum Gasteiger partial charge on any atom is 0.0889 e. The molecular formula is C13H29NO3. The van der Waals surface area contributed by atoms with Crippen LogP contribution in [0.25, 0.3) is 0 Å². The van der Waals surface area contributed by atoms with Crippen LogP contribution in [0.5, 0.6) is 0 Å². The summed E-state index contributed by atoms with van der Waals surface area (Å²) in [6.45, 7) is 13.0. The summed E-state index contributed by atoms with van der Waals surface area (Å²) in [7, 11) is 0. The second-order valence-corrected chi connectivity index (χ2v) is 5.46. The van der Waals surface area contributed by atoms with E-state index in [9.17, 15) is 5.11 Å². The number of aliphatic hydroxyl groups excluding tert-OH is 1. The van der Waals surface area contributed by atoms with E-state index in [0.29, 0.717) is 13.2 Å². The number of hydrogen-bond donors (Lipinski definition) is 2. The van der Waals surface area contributed by atoms with Crippen LogP contribution in [-0.2, 0) is 9.47 Å². The zero-order valence-corrected chi connectivity index (χ0v) is 12.1. The second kappa shape index (κ2) is 8.03. The van der Waals surface area contributed by atoms with Gasteiger partial charge >= 0.3 is 0 Å². The van der Waals surface area contributed by atoms with E-state index in [1.807, 2.05) is 27.7 Å². The number of rotatable bonds is 9. The van der Waals surface area contributed by atoms with E-state index in [-0.39, 0.29) is 24.9 Å². The van der Waals surface area contributed by atoms with Crippen LogP contribution in [-0.4, -0.2) is 48.7 Å². The van der Waals surface area contributed by atoms with Crippen molar-refractivity contribution in [3.63, 3.8) is 0 Å². The highest BCUT2D eigenvalue weighted by Gasteiger charge is 2.31. The van der Waals surface area contributed by atoms with Gasteiger partial charge in [-0.3, -0.25) is 0 Å². The molecule has 0 unspecified atom stereocenters. The van der Waals surface area contributed by atoms with E-state index in [2.05, 4.69) is 19.2 Å². The van der Waals surface area contributed by atoms with E-state index >= 15 is 0 Å². The minimum absolute atomic E-state index is 0.00458. The van der Waals surface area contributed by atoms with Crippen molar-refractivity contribution in [1.82, 2.24) is 5.32 Å². The molecule has 0 fully saturated rings. The van der Waals surface area contributed by atoms with Crippen molar-refractivity contribution in [1.29, 1.82) is 0 Å². The quantitative estimate of drug-likeness (QED) is 0.649. The molecule has 0 radical (unpaired) electrons. The number of hydrogen-bond acceptors (Lipinski definition) is 4. The van der Waals surface area contributed by atoms with Crippen LogP contribution in [0.2, 0.25) is 0 Å². The third kappa shape index (κ3) is 7.71. The lowest BCUT2D eigenvalue weighted by atomic mass is 10.0. The fraction of sp³-hybridized carbons (Fsp3) is 1.00. The van der Waals surface area contributed by atoms with Gasteiger partial charge < -0.3 is 19.9 Å². The van der Waals surface area contributed by atoms with Crippen LogP contribution in [0, 0.1) is 0 Å². The van der Waals surface area contributed by atoms with Crippen molar-refractivity contribution < 1.29 is 14.6 Å². The topological polar surface area (TPSA) is 50.7 Å². The molecule has 4 heteroatoms. The van der Waals surface area contributed by atoms with Gasteiger partial charge in [0.25, 0.3) is 0 Å². The first-order valence-electron chi connectivity index (χ1n) is 6.43. The van der Waals surface area contributed by atoms with Gasteiger partial charge in [0.15, 0.2) is 0 Å². The van der Waals surface area contributed by atoms with Gasteiger partial charge in [-0.05, 0) is 27.7 Å². The van der Waals surface area contributed by atoms with E-state index in [1.165, 1.54) is 0 Å². The minimum atomic E-state index is -0.511. The Labute approximate surface area is 106 Å². The fourth-order valence-electron chi connectivity index (χ4n) is 1.53. The van der Waals surface area contributed by atoms with Crippen LogP contribution in [0.4, 0.5) is 0 Å². The predicted octanol–water partition coefficient (Wildman–Crippen LogP) is 1.57. The first kappa shape index (κ1) is 16.8. The highest BCUT2D eigenvalue weighted by Crippen LogP contribution is 2.10. The molecule has 0 aliphatic rings. The third-order valence-electron chi connectivity index (χ3n) is 2.28. The predicted molar refractivity (Wildman–Crippen MR) is 70.3 cm³/mol. The van der Waals surface area contributed by atoms with Gasteiger partial charge in [0.2, 0.25) is 0 Å². The van der Waals surface area contributed by atoms with Crippen LogP contribution < -0.4 is 5.32 Å². The van der Waals surface area contributed by atoms with Crippen molar-refractivity contribution in [2.75, 3.05) is 19.8 Å². The maximum absolute atomic E-state index is 9.63. The molecule has 2 N–H and O–H groups in total. The average molecular weight is 247 g/mol. The van der Waals surface area contributed by atoms with Gasteiger partial charge in [-0.25, -0.2) is 0 Å². The van der Waals surface area contributed by atoms with Crippen LogP contribution in [0.1, 0.15) is 41.5 Å². The summed E-state index contributed by atoms with van der Waals surface area (Å²) >= 11 is 0. The van der Waals surface area contributed by atoms with Gasteiger partial charge in [0, 0.05) is 6.04 Å². The van der Waals surface area contributed by atoms with Crippen molar-refractivity contribution in [2.24, 2.45) is 0 Å². The molecule has 0 aliphatic heterocycles. The normalized spacial score (nSPS) is 13.1. The van der Waals surface area contributed by atoms with E-state index in [4.69, 9.17) is 9.47 Å². The Hall–Kier alpha value is -0.160. The van der Waals surface area contributed by atoms with Crippen molar-refractivity contribution in [3.05, 3.63) is 0 Å². The molecule has 0 aliphatic carbocycles. The molecule has 0 heterocycles. The molecule has 4 nitrogen and oxygen atoms in total. The molecule has 0 amide bonds. The van der Waals surface area contributed by atoms with E-state index < -0.39 is 5.54 Å². The van der Waals surface area contributed by atoms with Gasteiger partial charge in [-0.1, -0.05) is 13.8 Å². The highest BCUT2D eigenvalue weighted by atomic mass is 16.5. The van der Waals surface area contributed by atoms with Crippen molar-refractivity contribution >= 4 is 0 Å². The molecule has 0 aromatic heterocycles. The summed E-state index contributed by atoms with van der Waals surface area (Å²) < 4.78 is 11.3. The van der Waals surface area contributed by atoms with Crippen molar-refractivity contribution in [2.45, 2.75) is 65.3 Å². The molecule has 0 bridgehead atoms. The lowest BCUT2D eigenvalue weighted by Crippen LogP contribution is -2.58. The standard InChI is InChI=1S/C13H29NO3/c1-10(2)14-13(7-15,8-16-11(3)4)9-17-12(5)6/h10-12,14-15H,7-9H2,1-6H3. The molecule has 17 heavy (non-hydrogen) atoms. The Bertz CT molecular complexity index is 181. The van der Waals surface area contributed by atoms with Gasteiger partial charge in [-0.2, -0.15) is 0 Å². The van der Waals surface area contributed by atoms with Crippen LogP contribution in [0.3, 0.4) is 0 Å². The maximum atomic E-state index is 9.63. The number of aliphatic hydroxyl groups is 1. The van der Waals surface area contributed by atoms with Gasteiger partial charge in [0.1, 0.15) is 0 Å². The summed E-state index contributed by atoms with van der Waals surface area (Å²) in [6.07, 6.45) is 0.294. The lowest BCUT2D eigenvalue weighted by molar-refractivity contribution is -0.0530. The summed E-state index contributed by atoms with van der Waals surface area (Å²) in [6, 6.07) is 0.272. The van der Waals surface area contributed by atoms with Gasteiger partial charge in [-0.15, -0.1) is 0 Å². The SMILES string of the molecule is CC(C)NC(CO)(COC(C)C)COC(C)C. The Morgan fingerprint density at radius 3 is 1.59 bits per heavy atom. The fourth-order valence-corrected chi connectivity index (χ4v) is 1.53. The molecule has 0 aromatic rings. The Kier molecular flexibility index (Phi) is 7.96. The zero-order chi connectivity index (χ0) is 13.5. The first-order valence-corrected chi connectivity index (χ1v) is 6.43. The Balaban J connectivity index is 4.50. The largest absolute Gasteiger partial charge is 0.394 e. The van der Waals surface area contributed by atoms with E-state index in [0.717, 1.165) is 0 Å². The smallest absolute Gasteiger partial charge is 0.0889 e. The molecular weight excluding hydrogens is 218 g/mol. The second-order valence-electron chi connectivity index (χ2n) is 5.46.